The van der Waals surface area contributed by atoms with Gasteiger partial charge in [0.05, 0.1) is 0 Å². The molecule has 0 spiro atoms. The zero-order valence-electron chi connectivity index (χ0n) is 12.4. The molecule has 0 bridgehead atoms. The van der Waals surface area contributed by atoms with Crippen molar-refractivity contribution in [3.63, 3.8) is 0 Å². The van der Waals surface area contributed by atoms with Gasteiger partial charge in [0.25, 0.3) is 0 Å². The fourth-order valence-corrected chi connectivity index (χ4v) is 3.38. The quantitative estimate of drug-likeness (QED) is 0.792. The summed E-state index contributed by atoms with van der Waals surface area (Å²) in [7, 11) is 2.12. The zero-order valence-corrected chi connectivity index (χ0v) is 12.4. The van der Waals surface area contributed by atoms with Crippen LogP contribution in [0, 0.1) is 5.92 Å². The molecule has 0 heterocycles. The summed E-state index contributed by atoms with van der Waals surface area (Å²) in [5, 5.41) is 19.3. The van der Waals surface area contributed by atoms with Crippen molar-refractivity contribution in [3.05, 3.63) is 23.8 Å². The van der Waals surface area contributed by atoms with Crippen molar-refractivity contribution in [1.82, 2.24) is 4.90 Å². The summed E-state index contributed by atoms with van der Waals surface area (Å²) >= 11 is 0. The minimum Gasteiger partial charge on any atom is -0.508 e. The molecular weight excluding hydrogens is 252 g/mol. The van der Waals surface area contributed by atoms with Crippen LogP contribution in [-0.2, 0) is 0 Å². The van der Waals surface area contributed by atoms with Gasteiger partial charge in [0, 0.05) is 18.2 Å². The first kappa shape index (κ1) is 15.1. The Morgan fingerprint density at radius 2 is 1.80 bits per heavy atom. The Morgan fingerprint density at radius 3 is 2.40 bits per heavy atom. The second-order valence-corrected chi connectivity index (χ2v) is 5.97. The molecule has 4 N–H and O–H groups in total. The summed E-state index contributed by atoms with van der Waals surface area (Å²) in [5.41, 5.74) is 6.85. The fourth-order valence-electron chi connectivity index (χ4n) is 3.38. The molecule has 4 heteroatoms. The SMILES string of the molecule is CC(c1cc(O)cc(O)c1)N(C)C1CCCCC1CN. The summed E-state index contributed by atoms with van der Waals surface area (Å²) in [4.78, 5) is 2.34. The van der Waals surface area contributed by atoms with Crippen molar-refractivity contribution < 1.29 is 10.2 Å². The number of aromatic hydroxyl groups is 2. The molecule has 0 aromatic heterocycles. The maximum Gasteiger partial charge on any atom is 0.119 e. The van der Waals surface area contributed by atoms with E-state index in [4.69, 9.17) is 5.73 Å². The molecule has 3 atom stereocenters. The van der Waals surface area contributed by atoms with Gasteiger partial charge in [0.15, 0.2) is 0 Å². The van der Waals surface area contributed by atoms with Crippen molar-refractivity contribution in [1.29, 1.82) is 0 Å². The van der Waals surface area contributed by atoms with Crippen LogP contribution in [0.5, 0.6) is 11.5 Å². The zero-order chi connectivity index (χ0) is 14.7. The highest BCUT2D eigenvalue weighted by Gasteiger charge is 2.30. The highest BCUT2D eigenvalue weighted by atomic mass is 16.3. The molecule has 0 saturated heterocycles. The molecule has 1 aromatic carbocycles. The third-order valence-electron chi connectivity index (χ3n) is 4.71. The van der Waals surface area contributed by atoms with Gasteiger partial charge in [0.2, 0.25) is 0 Å². The standard InChI is InChI=1S/C16H26N2O2/c1-11(13-7-14(19)9-15(20)8-13)18(2)16-6-4-3-5-12(16)10-17/h7-9,11-12,16,19-20H,3-6,10,17H2,1-2H3. The van der Waals surface area contributed by atoms with Crippen LogP contribution in [0.4, 0.5) is 0 Å². The van der Waals surface area contributed by atoms with Gasteiger partial charge in [-0.3, -0.25) is 4.90 Å². The van der Waals surface area contributed by atoms with Crippen LogP contribution in [0.3, 0.4) is 0 Å². The number of phenols is 2. The maximum atomic E-state index is 9.63. The Hall–Kier alpha value is -1.26. The Balaban J connectivity index is 2.16. The third-order valence-corrected chi connectivity index (χ3v) is 4.71. The average molecular weight is 278 g/mol. The van der Waals surface area contributed by atoms with Crippen molar-refractivity contribution >= 4 is 0 Å². The van der Waals surface area contributed by atoms with Crippen LogP contribution in [-0.4, -0.2) is 34.7 Å². The summed E-state index contributed by atoms with van der Waals surface area (Å²) < 4.78 is 0. The first-order chi connectivity index (χ1) is 9.52. The summed E-state index contributed by atoms with van der Waals surface area (Å²) in [6.07, 6.45) is 4.90. The van der Waals surface area contributed by atoms with Crippen LogP contribution in [0.2, 0.25) is 0 Å². The van der Waals surface area contributed by atoms with Gasteiger partial charge in [-0.2, -0.15) is 0 Å². The van der Waals surface area contributed by atoms with Crippen LogP contribution < -0.4 is 5.73 Å². The third kappa shape index (κ3) is 3.25. The average Bonchev–Trinajstić information content (AvgIpc) is 2.44. The summed E-state index contributed by atoms with van der Waals surface area (Å²) in [6.45, 7) is 2.84. The molecule has 0 aliphatic heterocycles. The van der Waals surface area contributed by atoms with E-state index in [1.54, 1.807) is 12.1 Å². The van der Waals surface area contributed by atoms with Crippen molar-refractivity contribution in [2.24, 2.45) is 11.7 Å². The lowest BCUT2D eigenvalue weighted by molar-refractivity contribution is 0.0987. The van der Waals surface area contributed by atoms with E-state index in [0.717, 1.165) is 12.1 Å². The van der Waals surface area contributed by atoms with Crippen LogP contribution in [0.25, 0.3) is 0 Å². The predicted octanol–water partition coefficient (Wildman–Crippen LogP) is 2.61. The van der Waals surface area contributed by atoms with Gasteiger partial charge < -0.3 is 15.9 Å². The number of hydrogen-bond donors (Lipinski definition) is 3. The molecule has 1 aromatic rings. The molecule has 0 radical (unpaired) electrons. The first-order valence-electron chi connectivity index (χ1n) is 7.48. The van der Waals surface area contributed by atoms with Gasteiger partial charge in [-0.25, -0.2) is 0 Å². The molecule has 1 aliphatic rings. The molecule has 4 nitrogen and oxygen atoms in total. The van der Waals surface area contributed by atoms with Gasteiger partial charge in [-0.05, 0) is 57.0 Å². The Labute approximate surface area is 121 Å². The second kappa shape index (κ2) is 6.46. The van der Waals surface area contributed by atoms with E-state index in [2.05, 4.69) is 18.9 Å². The lowest BCUT2D eigenvalue weighted by Crippen LogP contribution is -2.44. The molecule has 1 aliphatic carbocycles. The van der Waals surface area contributed by atoms with Gasteiger partial charge in [0.1, 0.15) is 11.5 Å². The van der Waals surface area contributed by atoms with E-state index in [0.29, 0.717) is 12.0 Å². The number of nitrogens with zero attached hydrogens (tertiary/aromatic N) is 1. The topological polar surface area (TPSA) is 69.7 Å². The minimum atomic E-state index is 0.110. The van der Waals surface area contributed by atoms with Crippen LogP contribution in [0.1, 0.15) is 44.2 Å². The predicted molar refractivity (Wildman–Crippen MR) is 80.8 cm³/mol. The smallest absolute Gasteiger partial charge is 0.119 e. The number of nitrogens with two attached hydrogens (primary N) is 1. The molecule has 112 valence electrons. The van der Waals surface area contributed by atoms with Crippen molar-refractivity contribution in [3.8, 4) is 11.5 Å². The molecule has 3 unspecified atom stereocenters. The fraction of sp³-hybridized carbons (Fsp3) is 0.625. The van der Waals surface area contributed by atoms with Gasteiger partial charge >= 0.3 is 0 Å². The highest BCUT2D eigenvalue weighted by molar-refractivity contribution is 5.38. The summed E-state index contributed by atoms with van der Waals surface area (Å²) in [6, 6.07) is 5.43. The minimum absolute atomic E-state index is 0.110. The number of hydrogen-bond acceptors (Lipinski definition) is 4. The maximum absolute atomic E-state index is 9.63. The van der Waals surface area contributed by atoms with E-state index in [9.17, 15) is 10.2 Å². The molecule has 2 rings (SSSR count). The van der Waals surface area contributed by atoms with Gasteiger partial charge in [-0.15, -0.1) is 0 Å². The number of benzene rings is 1. The number of phenolic OH excluding ortho intramolecular Hbond substituents is 2. The van der Waals surface area contributed by atoms with Crippen molar-refractivity contribution in [2.75, 3.05) is 13.6 Å². The van der Waals surface area contributed by atoms with E-state index in [-0.39, 0.29) is 17.5 Å². The lowest BCUT2D eigenvalue weighted by atomic mass is 9.83. The molecule has 0 amide bonds. The molecule has 1 fully saturated rings. The monoisotopic (exact) mass is 278 g/mol. The van der Waals surface area contributed by atoms with Crippen LogP contribution >= 0.6 is 0 Å². The van der Waals surface area contributed by atoms with Crippen molar-refractivity contribution in [2.45, 2.75) is 44.7 Å². The Bertz CT molecular complexity index is 430. The molecule has 1 saturated carbocycles. The highest BCUT2D eigenvalue weighted by Crippen LogP contribution is 2.34. The normalized spacial score (nSPS) is 24.8. The van der Waals surface area contributed by atoms with E-state index < -0.39 is 0 Å². The largest absolute Gasteiger partial charge is 0.508 e. The molecular formula is C16H26N2O2. The first-order valence-corrected chi connectivity index (χ1v) is 7.48. The number of rotatable bonds is 4. The Morgan fingerprint density at radius 1 is 1.20 bits per heavy atom. The molecule has 20 heavy (non-hydrogen) atoms. The van der Waals surface area contributed by atoms with Gasteiger partial charge in [-0.1, -0.05) is 12.8 Å². The summed E-state index contributed by atoms with van der Waals surface area (Å²) in [5.74, 6) is 0.764. The van der Waals surface area contributed by atoms with E-state index in [1.807, 2.05) is 0 Å². The van der Waals surface area contributed by atoms with E-state index in [1.165, 1.54) is 31.7 Å². The Kier molecular flexibility index (Phi) is 4.89. The second-order valence-electron chi connectivity index (χ2n) is 5.97. The van der Waals surface area contributed by atoms with E-state index >= 15 is 0 Å². The lowest BCUT2D eigenvalue weighted by Gasteiger charge is -2.40. The van der Waals surface area contributed by atoms with Crippen LogP contribution in [0.15, 0.2) is 18.2 Å².